The molecule has 1 atom stereocenters. The van der Waals surface area contributed by atoms with Crippen molar-refractivity contribution >= 4 is 33.4 Å². The Morgan fingerprint density at radius 3 is 3.00 bits per heavy atom. The molecule has 4 heteroatoms. The van der Waals surface area contributed by atoms with Crippen molar-refractivity contribution in [1.29, 1.82) is 0 Å². The molecule has 3 heterocycles. The van der Waals surface area contributed by atoms with Crippen molar-refractivity contribution in [3.05, 3.63) is 33.8 Å². The fourth-order valence-corrected chi connectivity index (χ4v) is 3.72. The normalized spacial score (nSPS) is 20.1. The topological polar surface area (TPSA) is 24.1 Å². The Labute approximate surface area is 103 Å². The smallest absolute Gasteiger partial charge is 0.0926 e. The first-order valence-electron chi connectivity index (χ1n) is 5.52. The van der Waals surface area contributed by atoms with Crippen LogP contribution >= 0.6 is 22.7 Å². The quantitative estimate of drug-likeness (QED) is 0.869. The summed E-state index contributed by atoms with van der Waals surface area (Å²) in [6.07, 6.45) is 1.26. The van der Waals surface area contributed by atoms with Gasteiger partial charge in [0.15, 0.2) is 0 Å². The summed E-state index contributed by atoms with van der Waals surface area (Å²) in [6, 6.07) is 6.40. The standard InChI is InChI=1S/C12H14N2S2/c1-2-11(15-6-1)14-10-4-7-16-12(10)9-3-5-13-8-9/h1-2,4,6-7,9,13-14H,3,5,8H2. The predicted octanol–water partition coefficient (Wildman–Crippen LogP) is 3.63. The lowest BCUT2D eigenvalue weighted by molar-refractivity contribution is 0.780. The summed E-state index contributed by atoms with van der Waals surface area (Å²) >= 11 is 3.62. The van der Waals surface area contributed by atoms with Crippen LogP contribution in [0.2, 0.25) is 0 Å². The molecule has 0 aliphatic carbocycles. The lowest BCUT2D eigenvalue weighted by Crippen LogP contribution is -2.07. The minimum Gasteiger partial charge on any atom is -0.346 e. The van der Waals surface area contributed by atoms with Gasteiger partial charge >= 0.3 is 0 Å². The van der Waals surface area contributed by atoms with Gasteiger partial charge in [0.1, 0.15) is 0 Å². The second-order valence-corrected chi connectivity index (χ2v) is 5.89. The zero-order chi connectivity index (χ0) is 10.8. The molecule has 2 aromatic rings. The number of nitrogens with one attached hydrogen (secondary N) is 2. The summed E-state index contributed by atoms with van der Waals surface area (Å²) in [5, 5.41) is 12.5. The van der Waals surface area contributed by atoms with Crippen LogP contribution in [0, 0.1) is 0 Å². The van der Waals surface area contributed by atoms with E-state index in [1.165, 1.54) is 22.0 Å². The van der Waals surface area contributed by atoms with Crippen LogP contribution in [-0.2, 0) is 0 Å². The maximum Gasteiger partial charge on any atom is 0.0926 e. The van der Waals surface area contributed by atoms with Crippen LogP contribution in [0.1, 0.15) is 17.2 Å². The number of rotatable bonds is 3. The van der Waals surface area contributed by atoms with Gasteiger partial charge in [-0.25, -0.2) is 0 Å². The largest absolute Gasteiger partial charge is 0.346 e. The van der Waals surface area contributed by atoms with Crippen LogP contribution in [0.4, 0.5) is 10.7 Å². The number of hydrogen-bond donors (Lipinski definition) is 2. The Hall–Kier alpha value is -0.840. The molecule has 84 valence electrons. The molecule has 2 nitrogen and oxygen atoms in total. The molecule has 0 bridgehead atoms. The highest BCUT2D eigenvalue weighted by atomic mass is 32.1. The van der Waals surface area contributed by atoms with Crippen molar-refractivity contribution in [2.75, 3.05) is 18.4 Å². The summed E-state index contributed by atoms with van der Waals surface area (Å²) in [5.74, 6) is 0.697. The summed E-state index contributed by atoms with van der Waals surface area (Å²) < 4.78 is 0. The monoisotopic (exact) mass is 250 g/mol. The third-order valence-electron chi connectivity index (χ3n) is 2.91. The molecule has 0 saturated carbocycles. The van der Waals surface area contributed by atoms with E-state index in [9.17, 15) is 0 Å². The first-order valence-corrected chi connectivity index (χ1v) is 7.28. The molecule has 0 radical (unpaired) electrons. The van der Waals surface area contributed by atoms with E-state index >= 15 is 0 Å². The highest BCUT2D eigenvalue weighted by Gasteiger charge is 2.20. The fraction of sp³-hybridized carbons (Fsp3) is 0.333. The molecule has 2 aromatic heterocycles. The van der Waals surface area contributed by atoms with Gasteiger partial charge in [-0.15, -0.1) is 22.7 Å². The molecule has 0 spiro atoms. The molecule has 0 amide bonds. The average molecular weight is 250 g/mol. The van der Waals surface area contributed by atoms with Crippen molar-refractivity contribution in [3.8, 4) is 0 Å². The van der Waals surface area contributed by atoms with Crippen molar-refractivity contribution < 1.29 is 0 Å². The van der Waals surface area contributed by atoms with E-state index in [-0.39, 0.29) is 0 Å². The van der Waals surface area contributed by atoms with E-state index in [2.05, 4.69) is 39.6 Å². The molecule has 1 fully saturated rings. The van der Waals surface area contributed by atoms with Gasteiger partial charge in [-0.3, -0.25) is 0 Å². The molecule has 0 aromatic carbocycles. The first-order chi connectivity index (χ1) is 7.93. The summed E-state index contributed by atoms with van der Waals surface area (Å²) in [7, 11) is 0. The molecular weight excluding hydrogens is 236 g/mol. The molecule has 1 saturated heterocycles. The Morgan fingerprint density at radius 2 is 2.25 bits per heavy atom. The van der Waals surface area contributed by atoms with E-state index in [1.807, 2.05) is 11.3 Å². The van der Waals surface area contributed by atoms with Gasteiger partial charge in [0.05, 0.1) is 10.7 Å². The Balaban J connectivity index is 1.82. The Kier molecular flexibility index (Phi) is 2.95. The van der Waals surface area contributed by atoms with Crippen molar-refractivity contribution in [1.82, 2.24) is 5.32 Å². The zero-order valence-corrected chi connectivity index (χ0v) is 10.5. The van der Waals surface area contributed by atoms with E-state index in [1.54, 1.807) is 11.3 Å². The lowest BCUT2D eigenvalue weighted by atomic mass is 10.1. The van der Waals surface area contributed by atoms with Crippen LogP contribution in [0.5, 0.6) is 0 Å². The van der Waals surface area contributed by atoms with Crippen LogP contribution in [0.3, 0.4) is 0 Å². The van der Waals surface area contributed by atoms with Crippen LogP contribution in [0.15, 0.2) is 29.0 Å². The molecule has 3 rings (SSSR count). The fourth-order valence-electron chi connectivity index (χ4n) is 2.10. The highest BCUT2D eigenvalue weighted by molar-refractivity contribution is 7.14. The van der Waals surface area contributed by atoms with Crippen molar-refractivity contribution in [2.24, 2.45) is 0 Å². The van der Waals surface area contributed by atoms with Gasteiger partial charge in [-0.05, 0) is 41.9 Å². The minimum absolute atomic E-state index is 0.697. The van der Waals surface area contributed by atoms with Gasteiger partial charge in [0, 0.05) is 17.3 Å². The zero-order valence-electron chi connectivity index (χ0n) is 8.90. The van der Waals surface area contributed by atoms with Gasteiger partial charge in [-0.2, -0.15) is 0 Å². The van der Waals surface area contributed by atoms with Gasteiger partial charge in [0.2, 0.25) is 0 Å². The Bertz CT molecular complexity index is 441. The maximum absolute atomic E-state index is 3.51. The maximum atomic E-state index is 3.51. The highest BCUT2D eigenvalue weighted by Crippen LogP contribution is 2.36. The summed E-state index contributed by atoms with van der Waals surface area (Å²) in [4.78, 5) is 1.50. The van der Waals surface area contributed by atoms with E-state index < -0.39 is 0 Å². The third-order valence-corrected chi connectivity index (χ3v) is 4.77. The second kappa shape index (κ2) is 4.57. The molecule has 1 unspecified atom stereocenters. The third kappa shape index (κ3) is 2.00. The summed E-state index contributed by atoms with van der Waals surface area (Å²) in [5.41, 5.74) is 1.29. The number of anilines is 2. The number of thiophene rings is 2. The second-order valence-electron chi connectivity index (χ2n) is 3.99. The van der Waals surface area contributed by atoms with Gasteiger partial charge in [-0.1, -0.05) is 0 Å². The Morgan fingerprint density at radius 1 is 1.25 bits per heavy atom. The molecule has 16 heavy (non-hydrogen) atoms. The molecule has 1 aliphatic heterocycles. The SMILES string of the molecule is c1csc(Nc2ccsc2C2CCNC2)c1. The van der Waals surface area contributed by atoms with Gasteiger partial charge in [0.25, 0.3) is 0 Å². The molecule has 2 N–H and O–H groups in total. The molecular formula is C12H14N2S2. The van der Waals surface area contributed by atoms with E-state index in [0.717, 1.165) is 13.1 Å². The average Bonchev–Trinajstić information content (AvgIpc) is 2.98. The van der Waals surface area contributed by atoms with Crippen LogP contribution in [0.25, 0.3) is 0 Å². The van der Waals surface area contributed by atoms with Gasteiger partial charge < -0.3 is 10.6 Å². The van der Waals surface area contributed by atoms with E-state index in [0.29, 0.717) is 5.92 Å². The number of hydrogen-bond acceptors (Lipinski definition) is 4. The van der Waals surface area contributed by atoms with E-state index in [4.69, 9.17) is 0 Å². The predicted molar refractivity (Wildman–Crippen MR) is 72.1 cm³/mol. The summed E-state index contributed by atoms with van der Waals surface area (Å²) in [6.45, 7) is 2.28. The lowest BCUT2D eigenvalue weighted by Gasteiger charge is -2.10. The van der Waals surface area contributed by atoms with Crippen LogP contribution in [-0.4, -0.2) is 13.1 Å². The van der Waals surface area contributed by atoms with Crippen molar-refractivity contribution in [3.63, 3.8) is 0 Å². The van der Waals surface area contributed by atoms with Crippen LogP contribution < -0.4 is 10.6 Å². The minimum atomic E-state index is 0.697. The first kappa shape index (κ1) is 10.3. The van der Waals surface area contributed by atoms with Crippen molar-refractivity contribution in [2.45, 2.75) is 12.3 Å². The molecule has 1 aliphatic rings.